The third-order valence-corrected chi connectivity index (χ3v) is 3.63. The molecule has 1 atom stereocenters. The van der Waals surface area contributed by atoms with E-state index in [4.69, 9.17) is 14.6 Å². The predicted octanol–water partition coefficient (Wildman–Crippen LogP) is 2.89. The summed E-state index contributed by atoms with van der Waals surface area (Å²) in [6.07, 6.45) is 1.86. The van der Waals surface area contributed by atoms with E-state index in [1.807, 2.05) is 12.1 Å². The molecule has 1 aliphatic heterocycles. The van der Waals surface area contributed by atoms with Gasteiger partial charge in [0.2, 0.25) is 0 Å². The lowest BCUT2D eigenvalue weighted by molar-refractivity contribution is -0.144. The van der Waals surface area contributed by atoms with Crippen molar-refractivity contribution in [2.75, 3.05) is 6.61 Å². The standard InChI is InChI=1S/C15H20O4/c1-3-10(4-2)9-18-12-6-5-11-7-14(15(16)17)19-13(11)8-12/h5-6,8,10,14H,3-4,7,9H2,1-2H3,(H,16,17). The zero-order chi connectivity index (χ0) is 13.8. The van der Waals surface area contributed by atoms with E-state index >= 15 is 0 Å². The monoisotopic (exact) mass is 264 g/mol. The Morgan fingerprint density at radius 1 is 1.47 bits per heavy atom. The van der Waals surface area contributed by atoms with E-state index in [9.17, 15) is 4.79 Å². The van der Waals surface area contributed by atoms with Gasteiger partial charge >= 0.3 is 5.97 Å². The van der Waals surface area contributed by atoms with Gasteiger partial charge in [0, 0.05) is 12.5 Å². The van der Waals surface area contributed by atoms with Crippen LogP contribution in [0.15, 0.2) is 18.2 Å². The van der Waals surface area contributed by atoms with Crippen molar-refractivity contribution in [3.8, 4) is 11.5 Å². The van der Waals surface area contributed by atoms with Crippen LogP contribution < -0.4 is 9.47 Å². The topological polar surface area (TPSA) is 55.8 Å². The van der Waals surface area contributed by atoms with Crippen LogP contribution in [0.5, 0.6) is 11.5 Å². The summed E-state index contributed by atoms with van der Waals surface area (Å²) in [7, 11) is 0. The van der Waals surface area contributed by atoms with Crippen LogP contribution in [0.4, 0.5) is 0 Å². The number of hydrogen-bond donors (Lipinski definition) is 1. The van der Waals surface area contributed by atoms with Gasteiger partial charge in [-0.15, -0.1) is 0 Å². The molecule has 0 aliphatic carbocycles. The predicted molar refractivity (Wildman–Crippen MR) is 71.8 cm³/mol. The van der Waals surface area contributed by atoms with Crippen LogP contribution in [0.25, 0.3) is 0 Å². The van der Waals surface area contributed by atoms with Crippen LogP contribution >= 0.6 is 0 Å². The molecule has 0 spiro atoms. The molecule has 1 N–H and O–H groups in total. The van der Waals surface area contributed by atoms with Gasteiger partial charge in [0.05, 0.1) is 6.61 Å². The molecule has 1 aromatic carbocycles. The van der Waals surface area contributed by atoms with Crippen LogP contribution in [-0.2, 0) is 11.2 Å². The molecule has 0 saturated carbocycles. The number of fused-ring (bicyclic) bond motifs is 1. The molecule has 0 saturated heterocycles. The largest absolute Gasteiger partial charge is 0.493 e. The summed E-state index contributed by atoms with van der Waals surface area (Å²) in [6.45, 7) is 5.00. The Balaban J connectivity index is 1.99. The van der Waals surface area contributed by atoms with Gasteiger partial charge in [0.1, 0.15) is 11.5 Å². The second-order valence-electron chi connectivity index (χ2n) is 4.91. The first kappa shape index (κ1) is 13.7. The van der Waals surface area contributed by atoms with E-state index < -0.39 is 12.1 Å². The number of carboxylic acid groups (broad SMARTS) is 1. The number of carbonyl (C=O) groups is 1. The van der Waals surface area contributed by atoms with Crippen LogP contribution in [0, 0.1) is 5.92 Å². The second kappa shape index (κ2) is 5.95. The maximum atomic E-state index is 10.9. The molecule has 0 aromatic heterocycles. The van der Waals surface area contributed by atoms with Gasteiger partial charge < -0.3 is 14.6 Å². The number of aliphatic carboxylic acids is 1. The molecule has 4 heteroatoms. The summed E-state index contributed by atoms with van der Waals surface area (Å²) >= 11 is 0. The van der Waals surface area contributed by atoms with Gasteiger partial charge in [0.25, 0.3) is 0 Å². The fourth-order valence-corrected chi connectivity index (χ4v) is 2.17. The van der Waals surface area contributed by atoms with Crippen LogP contribution in [-0.4, -0.2) is 23.8 Å². The summed E-state index contributed by atoms with van der Waals surface area (Å²) in [5.41, 5.74) is 0.933. The van der Waals surface area contributed by atoms with E-state index in [2.05, 4.69) is 13.8 Å². The van der Waals surface area contributed by atoms with Crippen LogP contribution in [0.3, 0.4) is 0 Å². The Morgan fingerprint density at radius 3 is 2.84 bits per heavy atom. The molecule has 4 nitrogen and oxygen atoms in total. The molecule has 0 radical (unpaired) electrons. The van der Waals surface area contributed by atoms with Gasteiger partial charge in [-0.1, -0.05) is 32.8 Å². The third kappa shape index (κ3) is 3.19. The first-order valence-corrected chi connectivity index (χ1v) is 6.79. The van der Waals surface area contributed by atoms with Crippen molar-refractivity contribution < 1.29 is 19.4 Å². The van der Waals surface area contributed by atoms with Gasteiger partial charge in [-0.2, -0.15) is 0 Å². The molecule has 1 aliphatic rings. The van der Waals surface area contributed by atoms with Crippen LogP contribution in [0.2, 0.25) is 0 Å². The smallest absolute Gasteiger partial charge is 0.345 e. The Kier molecular flexibility index (Phi) is 4.30. The maximum absolute atomic E-state index is 10.9. The minimum absolute atomic E-state index is 0.428. The molecule has 104 valence electrons. The minimum atomic E-state index is -0.921. The van der Waals surface area contributed by atoms with Crippen molar-refractivity contribution >= 4 is 5.97 Å². The first-order valence-electron chi connectivity index (χ1n) is 6.79. The quantitative estimate of drug-likeness (QED) is 0.858. The third-order valence-electron chi connectivity index (χ3n) is 3.63. The summed E-state index contributed by atoms with van der Waals surface area (Å²) in [6, 6.07) is 5.57. The average molecular weight is 264 g/mol. The van der Waals surface area contributed by atoms with Gasteiger partial charge in [-0.3, -0.25) is 0 Å². The molecule has 1 aromatic rings. The first-order chi connectivity index (χ1) is 9.13. The molecule has 1 heterocycles. The van der Waals surface area contributed by atoms with E-state index in [0.717, 1.165) is 24.2 Å². The number of ether oxygens (including phenoxy) is 2. The summed E-state index contributed by atoms with van der Waals surface area (Å²) in [5.74, 6) is 1.02. The van der Waals surface area contributed by atoms with Crippen molar-refractivity contribution in [2.45, 2.75) is 39.2 Å². The molecule has 1 unspecified atom stereocenters. The van der Waals surface area contributed by atoms with Crippen molar-refractivity contribution in [3.63, 3.8) is 0 Å². The van der Waals surface area contributed by atoms with E-state index in [1.54, 1.807) is 6.07 Å². The van der Waals surface area contributed by atoms with Crippen molar-refractivity contribution in [2.24, 2.45) is 5.92 Å². The number of benzene rings is 1. The zero-order valence-electron chi connectivity index (χ0n) is 11.4. The fraction of sp³-hybridized carbons (Fsp3) is 0.533. The van der Waals surface area contributed by atoms with Crippen molar-refractivity contribution in [1.82, 2.24) is 0 Å². The highest BCUT2D eigenvalue weighted by Gasteiger charge is 2.28. The highest BCUT2D eigenvalue weighted by molar-refractivity contribution is 5.74. The lowest BCUT2D eigenvalue weighted by atomic mass is 10.1. The molecule has 2 rings (SSSR count). The molecular formula is C15H20O4. The van der Waals surface area contributed by atoms with Crippen molar-refractivity contribution in [3.05, 3.63) is 23.8 Å². The van der Waals surface area contributed by atoms with Crippen molar-refractivity contribution in [1.29, 1.82) is 0 Å². The normalized spacial score (nSPS) is 17.1. The molecule has 0 fully saturated rings. The Morgan fingerprint density at radius 2 is 2.21 bits per heavy atom. The summed E-state index contributed by atoms with van der Waals surface area (Å²) < 4.78 is 11.1. The summed E-state index contributed by atoms with van der Waals surface area (Å²) in [4.78, 5) is 10.9. The van der Waals surface area contributed by atoms with Gasteiger partial charge in [-0.25, -0.2) is 4.79 Å². The zero-order valence-corrected chi connectivity index (χ0v) is 11.4. The maximum Gasteiger partial charge on any atom is 0.345 e. The van der Waals surface area contributed by atoms with E-state index in [-0.39, 0.29) is 0 Å². The van der Waals surface area contributed by atoms with Gasteiger partial charge in [-0.05, 0) is 17.5 Å². The SMILES string of the molecule is CCC(CC)COc1ccc2c(c1)OC(C(=O)O)C2. The highest BCUT2D eigenvalue weighted by atomic mass is 16.5. The van der Waals surface area contributed by atoms with E-state index in [1.165, 1.54) is 0 Å². The molecule has 0 amide bonds. The average Bonchev–Trinajstić information content (AvgIpc) is 2.83. The van der Waals surface area contributed by atoms with Gasteiger partial charge in [0.15, 0.2) is 6.10 Å². The summed E-state index contributed by atoms with van der Waals surface area (Å²) in [5, 5.41) is 8.94. The lowest BCUT2D eigenvalue weighted by Crippen LogP contribution is -2.24. The molecular weight excluding hydrogens is 244 g/mol. The highest BCUT2D eigenvalue weighted by Crippen LogP contribution is 2.32. The Labute approximate surface area is 113 Å². The molecule has 19 heavy (non-hydrogen) atoms. The Bertz CT molecular complexity index is 451. The fourth-order valence-electron chi connectivity index (χ4n) is 2.17. The minimum Gasteiger partial charge on any atom is -0.493 e. The van der Waals surface area contributed by atoms with E-state index in [0.29, 0.717) is 24.7 Å². The number of rotatable bonds is 6. The number of carboxylic acids is 1. The lowest BCUT2D eigenvalue weighted by Gasteiger charge is -2.14. The Hall–Kier alpha value is -1.71. The molecule has 0 bridgehead atoms. The number of hydrogen-bond acceptors (Lipinski definition) is 3. The second-order valence-corrected chi connectivity index (χ2v) is 4.91. The van der Waals surface area contributed by atoms with Crippen LogP contribution in [0.1, 0.15) is 32.3 Å².